The molecule has 2 saturated carbocycles. The van der Waals surface area contributed by atoms with E-state index in [0.29, 0.717) is 24.9 Å². The second-order valence-corrected chi connectivity index (χ2v) is 8.43. The number of fused-ring (bicyclic) bond motifs is 1. The van der Waals surface area contributed by atoms with Gasteiger partial charge >= 0.3 is 0 Å². The number of nitrogens with one attached hydrogen (secondary N) is 1. The van der Waals surface area contributed by atoms with Gasteiger partial charge in [-0.05, 0) is 78.3 Å². The SMILES string of the molecule is CCOc1cc(/C=N\NC(=O)[C@@H]2[C@H]3CCCC[C@@]32C)cc(I)c1OCC. The maximum absolute atomic E-state index is 12.5. The van der Waals surface area contributed by atoms with Crippen molar-refractivity contribution < 1.29 is 14.3 Å². The van der Waals surface area contributed by atoms with Crippen molar-refractivity contribution in [1.82, 2.24) is 5.43 Å². The van der Waals surface area contributed by atoms with Crippen LogP contribution in [0.3, 0.4) is 0 Å². The second kappa shape index (κ2) is 8.15. The minimum atomic E-state index is 0.0568. The van der Waals surface area contributed by atoms with Gasteiger partial charge in [-0.2, -0.15) is 5.10 Å². The fourth-order valence-electron chi connectivity index (χ4n) is 4.30. The summed E-state index contributed by atoms with van der Waals surface area (Å²) in [6.45, 7) is 7.29. The fraction of sp³-hybridized carbons (Fsp3) is 0.600. The van der Waals surface area contributed by atoms with E-state index in [4.69, 9.17) is 9.47 Å². The Morgan fingerprint density at radius 2 is 2.12 bits per heavy atom. The van der Waals surface area contributed by atoms with E-state index in [-0.39, 0.29) is 17.2 Å². The lowest BCUT2D eigenvalue weighted by Crippen LogP contribution is -2.22. The molecule has 0 unspecified atom stereocenters. The summed E-state index contributed by atoms with van der Waals surface area (Å²) in [7, 11) is 0. The van der Waals surface area contributed by atoms with E-state index < -0.39 is 0 Å². The molecule has 5 nitrogen and oxygen atoms in total. The molecule has 1 amide bonds. The van der Waals surface area contributed by atoms with Crippen molar-refractivity contribution in [2.45, 2.75) is 46.5 Å². The lowest BCUT2D eigenvalue weighted by atomic mass is 9.90. The van der Waals surface area contributed by atoms with E-state index in [1.807, 2.05) is 26.0 Å². The molecule has 0 radical (unpaired) electrons. The van der Waals surface area contributed by atoms with Crippen molar-refractivity contribution in [1.29, 1.82) is 0 Å². The summed E-state index contributed by atoms with van der Waals surface area (Å²) in [5, 5.41) is 4.19. The standard InChI is InChI=1S/C20H27IN2O3/c1-4-25-16-11-13(10-15(21)18(16)26-5-2)12-22-23-19(24)17-14-8-6-7-9-20(14,17)3/h10-12,14,17H,4-9H2,1-3H3,(H,23,24)/b22-12-/t14-,17+,20+/m1/s1. The van der Waals surface area contributed by atoms with Crippen LogP contribution in [0, 0.1) is 20.8 Å². The summed E-state index contributed by atoms with van der Waals surface area (Å²) in [6.07, 6.45) is 6.50. The largest absolute Gasteiger partial charge is 0.490 e. The molecule has 2 aliphatic carbocycles. The number of halogens is 1. The van der Waals surface area contributed by atoms with Gasteiger partial charge in [0.2, 0.25) is 5.91 Å². The molecule has 2 fully saturated rings. The third-order valence-corrected chi connectivity index (χ3v) is 6.42. The summed E-state index contributed by atoms with van der Waals surface area (Å²) >= 11 is 2.23. The molecule has 0 aliphatic heterocycles. The van der Waals surface area contributed by atoms with Crippen LogP contribution in [0.15, 0.2) is 17.2 Å². The molecule has 3 rings (SSSR count). The molecule has 0 saturated heterocycles. The Labute approximate surface area is 169 Å². The minimum Gasteiger partial charge on any atom is -0.490 e. The average Bonchev–Trinajstić information content (AvgIpc) is 3.23. The molecular weight excluding hydrogens is 443 g/mol. The molecular formula is C20H27IN2O3. The molecule has 3 atom stereocenters. The molecule has 142 valence electrons. The zero-order chi connectivity index (χ0) is 18.7. The number of hydrogen-bond donors (Lipinski definition) is 1. The van der Waals surface area contributed by atoms with Crippen LogP contribution in [0.4, 0.5) is 0 Å². The number of ether oxygens (including phenoxy) is 2. The number of carbonyl (C=O) groups is 1. The lowest BCUT2D eigenvalue weighted by molar-refractivity contribution is -0.123. The Kier molecular flexibility index (Phi) is 6.10. The summed E-state index contributed by atoms with van der Waals surface area (Å²) in [6, 6.07) is 3.87. The minimum absolute atomic E-state index is 0.0568. The van der Waals surface area contributed by atoms with Gasteiger partial charge in [0, 0.05) is 5.92 Å². The number of amides is 1. The Hall–Kier alpha value is -1.31. The zero-order valence-corrected chi connectivity index (χ0v) is 17.8. The first-order valence-corrected chi connectivity index (χ1v) is 10.5. The summed E-state index contributed by atoms with van der Waals surface area (Å²) in [5.74, 6) is 2.19. The third-order valence-electron chi connectivity index (χ3n) is 5.62. The number of rotatable bonds is 7. The van der Waals surface area contributed by atoms with E-state index in [1.54, 1.807) is 6.21 Å². The van der Waals surface area contributed by atoms with Gasteiger partial charge in [0.15, 0.2) is 11.5 Å². The molecule has 1 aromatic rings. The third kappa shape index (κ3) is 3.85. The monoisotopic (exact) mass is 470 g/mol. The Bertz CT molecular complexity index is 707. The first kappa shape index (κ1) is 19.5. The van der Waals surface area contributed by atoms with Gasteiger partial charge in [-0.1, -0.05) is 19.8 Å². The van der Waals surface area contributed by atoms with Gasteiger partial charge in [0.1, 0.15) is 0 Å². The molecule has 0 bridgehead atoms. The van der Waals surface area contributed by atoms with Crippen molar-refractivity contribution in [2.24, 2.45) is 22.4 Å². The van der Waals surface area contributed by atoms with Crippen LogP contribution in [0.5, 0.6) is 11.5 Å². The van der Waals surface area contributed by atoms with E-state index in [9.17, 15) is 4.79 Å². The number of hydrazone groups is 1. The fourth-order valence-corrected chi connectivity index (χ4v) is 5.08. The van der Waals surface area contributed by atoms with Gasteiger partial charge in [-0.25, -0.2) is 5.43 Å². The zero-order valence-electron chi connectivity index (χ0n) is 15.7. The number of carbonyl (C=O) groups excluding carboxylic acids is 1. The highest BCUT2D eigenvalue weighted by molar-refractivity contribution is 14.1. The van der Waals surface area contributed by atoms with Gasteiger partial charge in [-0.15, -0.1) is 0 Å². The number of benzene rings is 1. The molecule has 6 heteroatoms. The highest BCUT2D eigenvalue weighted by Crippen LogP contribution is 2.66. The lowest BCUT2D eigenvalue weighted by Gasteiger charge is -2.15. The summed E-state index contributed by atoms with van der Waals surface area (Å²) in [4.78, 5) is 12.5. The van der Waals surface area contributed by atoms with Gasteiger partial charge in [0.25, 0.3) is 0 Å². The molecule has 2 aliphatic rings. The van der Waals surface area contributed by atoms with Crippen molar-refractivity contribution >= 4 is 34.7 Å². The molecule has 26 heavy (non-hydrogen) atoms. The average molecular weight is 470 g/mol. The first-order valence-electron chi connectivity index (χ1n) is 9.43. The molecule has 1 aromatic carbocycles. The molecule has 0 spiro atoms. The van der Waals surface area contributed by atoms with Gasteiger partial charge < -0.3 is 9.47 Å². The van der Waals surface area contributed by atoms with Crippen LogP contribution in [-0.2, 0) is 4.79 Å². The second-order valence-electron chi connectivity index (χ2n) is 7.27. The Morgan fingerprint density at radius 3 is 2.77 bits per heavy atom. The van der Waals surface area contributed by atoms with Crippen LogP contribution < -0.4 is 14.9 Å². The Balaban J connectivity index is 1.66. The van der Waals surface area contributed by atoms with E-state index in [1.165, 1.54) is 19.3 Å². The van der Waals surface area contributed by atoms with Crippen molar-refractivity contribution in [2.75, 3.05) is 13.2 Å². The van der Waals surface area contributed by atoms with Crippen molar-refractivity contribution in [3.05, 3.63) is 21.3 Å². The highest BCUT2D eigenvalue weighted by Gasteiger charge is 2.64. The van der Waals surface area contributed by atoms with Crippen LogP contribution in [-0.4, -0.2) is 25.3 Å². The first-order chi connectivity index (χ1) is 12.5. The number of hydrogen-bond acceptors (Lipinski definition) is 4. The van der Waals surface area contributed by atoms with Crippen LogP contribution >= 0.6 is 22.6 Å². The van der Waals surface area contributed by atoms with Crippen LogP contribution in [0.1, 0.15) is 52.0 Å². The predicted octanol–water partition coefficient (Wildman–Crippen LogP) is 4.37. The topological polar surface area (TPSA) is 59.9 Å². The highest BCUT2D eigenvalue weighted by atomic mass is 127. The van der Waals surface area contributed by atoms with Crippen LogP contribution in [0.2, 0.25) is 0 Å². The maximum atomic E-state index is 12.5. The number of nitrogens with zero attached hydrogens (tertiary/aromatic N) is 1. The smallest absolute Gasteiger partial charge is 0.244 e. The van der Waals surface area contributed by atoms with E-state index in [0.717, 1.165) is 21.3 Å². The predicted molar refractivity (Wildman–Crippen MR) is 111 cm³/mol. The molecule has 0 heterocycles. The summed E-state index contributed by atoms with van der Waals surface area (Å²) < 4.78 is 12.3. The van der Waals surface area contributed by atoms with Crippen molar-refractivity contribution in [3.63, 3.8) is 0 Å². The van der Waals surface area contributed by atoms with E-state index >= 15 is 0 Å². The van der Waals surface area contributed by atoms with Gasteiger partial charge in [-0.3, -0.25) is 4.79 Å². The normalized spacial score (nSPS) is 27.1. The Morgan fingerprint density at radius 1 is 1.35 bits per heavy atom. The van der Waals surface area contributed by atoms with E-state index in [2.05, 4.69) is 40.0 Å². The molecule has 1 N–H and O–H groups in total. The van der Waals surface area contributed by atoms with Crippen LogP contribution in [0.25, 0.3) is 0 Å². The quantitative estimate of drug-likeness (QED) is 0.366. The summed E-state index contributed by atoms with van der Waals surface area (Å²) in [5.41, 5.74) is 3.82. The molecule has 0 aromatic heterocycles. The maximum Gasteiger partial charge on any atom is 0.244 e. The van der Waals surface area contributed by atoms with Crippen molar-refractivity contribution in [3.8, 4) is 11.5 Å². The van der Waals surface area contributed by atoms with Gasteiger partial charge in [0.05, 0.1) is 23.0 Å².